The van der Waals surface area contributed by atoms with Crippen LogP contribution in [0.25, 0.3) is 22.4 Å². The van der Waals surface area contributed by atoms with Gasteiger partial charge in [-0.15, -0.1) is 0 Å². The Morgan fingerprint density at radius 2 is 2.00 bits per heavy atom. The quantitative estimate of drug-likeness (QED) is 0.448. The molecular weight excluding hydrogens is 379 g/mol. The van der Waals surface area contributed by atoms with Crippen LogP contribution in [-0.4, -0.2) is 19.3 Å². The first kappa shape index (κ1) is 19.5. The average Bonchev–Trinajstić information content (AvgIpc) is 3.18. The Balaban J connectivity index is 2.46. The first-order chi connectivity index (χ1) is 12.6. The monoisotopic (exact) mass is 399 g/mol. The van der Waals surface area contributed by atoms with Gasteiger partial charge in [0.05, 0.1) is 23.0 Å². The van der Waals surface area contributed by atoms with Crippen molar-refractivity contribution in [2.45, 2.75) is 33.7 Å². The number of fused-ring (bicyclic) bond motifs is 1. The van der Waals surface area contributed by atoms with Gasteiger partial charge in [0.1, 0.15) is 11.3 Å². The molecule has 0 unspecified atom stereocenters. The number of benzene rings is 1. The topological polar surface area (TPSA) is 115 Å². The smallest absolute Gasteiger partial charge is 0.391 e. The fourth-order valence-electron chi connectivity index (χ4n) is 3.17. The number of nitrogen functional groups attached to an aromatic ring is 1. The molecule has 0 bridgehead atoms. The molecule has 146 valence electrons. The molecule has 0 spiro atoms. The fourth-order valence-corrected chi connectivity index (χ4v) is 3.86. The Labute approximate surface area is 154 Å². The minimum Gasteiger partial charge on any atom is -0.456 e. The molecule has 0 aliphatic rings. The minimum absolute atomic E-state index is 0.0549. The molecule has 0 amide bonds. The van der Waals surface area contributed by atoms with Gasteiger partial charge < -0.3 is 24.5 Å². The van der Waals surface area contributed by atoms with Gasteiger partial charge in [0.25, 0.3) is 0 Å². The largest absolute Gasteiger partial charge is 0.456 e. The number of aromatic nitrogens is 2. The van der Waals surface area contributed by atoms with Gasteiger partial charge in [-0.25, -0.2) is 13.8 Å². The molecule has 1 aromatic carbocycles. The summed E-state index contributed by atoms with van der Waals surface area (Å²) >= 11 is 0. The van der Waals surface area contributed by atoms with Gasteiger partial charge in [0.15, 0.2) is 11.6 Å². The summed E-state index contributed by atoms with van der Waals surface area (Å²) in [4.78, 5) is 23.4. The van der Waals surface area contributed by atoms with Gasteiger partial charge in [-0.2, -0.15) is 0 Å². The maximum absolute atomic E-state index is 14.5. The van der Waals surface area contributed by atoms with Crippen LogP contribution in [0.15, 0.2) is 16.7 Å². The number of imidazole rings is 1. The molecule has 0 radical (unpaired) electrons. The van der Waals surface area contributed by atoms with Gasteiger partial charge in [0.2, 0.25) is 5.50 Å². The number of rotatable bonds is 5. The Kier molecular flexibility index (Phi) is 4.88. The van der Waals surface area contributed by atoms with E-state index in [1.165, 1.54) is 6.07 Å². The van der Waals surface area contributed by atoms with Crippen LogP contribution in [-0.2, 0) is 17.5 Å². The van der Waals surface area contributed by atoms with Crippen LogP contribution in [0.2, 0.25) is 0 Å². The summed E-state index contributed by atoms with van der Waals surface area (Å²) in [5, 5.41) is 0. The van der Waals surface area contributed by atoms with Crippen molar-refractivity contribution in [3.05, 3.63) is 29.5 Å². The predicted molar refractivity (Wildman–Crippen MR) is 97.7 cm³/mol. The third-order valence-corrected chi connectivity index (χ3v) is 5.13. The molecule has 2 aromatic heterocycles. The standard InChI is InChI=1S/C17H20F2N3O4P/c1-4-9-11(18)12(19)13(20)14-15(9)22(7-8(2)3)16(21-14)10-5-6-26-17(10)27(23,24)25/h5-6,8H,4,7,20H2,1-3H3,(H2,23,24,25). The molecule has 0 aliphatic carbocycles. The lowest BCUT2D eigenvalue weighted by atomic mass is 10.1. The van der Waals surface area contributed by atoms with Crippen LogP contribution >= 0.6 is 7.60 Å². The Hall–Kier alpha value is -2.22. The van der Waals surface area contributed by atoms with E-state index in [1.54, 1.807) is 11.5 Å². The number of halogens is 2. The summed E-state index contributed by atoms with van der Waals surface area (Å²) < 4.78 is 47.1. The highest BCUT2D eigenvalue weighted by atomic mass is 31.2. The van der Waals surface area contributed by atoms with Crippen molar-refractivity contribution < 1.29 is 27.5 Å². The fraction of sp³-hybridized carbons (Fsp3) is 0.353. The number of nitrogens with zero attached hydrogens (tertiary/aromatic N) is 2. The number of anilines is 1. The van der Waals surface area contributed by atoms with Crippen molar-refractivity contribution in [2.75, 3.05) is 5.73 Å². The van der Waals surface area contributed by atoms with Crippen LogP contribution in [0, 0.1) is 17.6 Å². The van der Waals surface area contributed by atoms with Gasteiger partial charge in [-0.3, -0.25) is 4.57 Å². The minimum atomic E-state index is -4.72. The predicted octanol–water partition coefficient (Wildman–Crippen LogP) is 3.18. The molecular formula is C17H20F2N3O4P. The van der Waals surface area contributed by atoms with Crippen LogP contribution < -0.4 is 11.2 Å². The van der Waals surface area contributed by atoms with E-state index < -0.39 is 30.4 Å². The number of furan rings is 1. The molecule has 0 fully saturated rings. The first-order valence-electron chi connectivity index (χ1n) is 8.37. The Morgan fingerprint density at radius 1 is 1.33 bits per heavy atom. The lowest BCUT2D eigenvalue weighted by Crippen LogP contribution is -2.12. The molecule has 4 N–H and O–H groups in total. The summed E-state index contributed by atoms with van der Waals surface area (Å²) in [6.07, 6.45) is 1.33. The van der Waals surface area contributed by atoms with Crippen molar-refractivity contribution in [1.82, 2.24) is 9.55 Å². The van der Waals surface area contributed by atoms with Crippen LogP contribution in [0.5, 0.6) is 0 Å². The van der Waals surface area contributed by atoms with E-state index in [9.17, 15) is 23.1 Å². The molecule has 3 aromatic rings. The summed E-state index contributed by atoms with van der Waals surface area (Å²) in [6.45, 7) is 5.88. The van der Waals surface area contributed by atoms with Crippen molar-refractivity contribution in [3.63, 3.8) is 0 Å². The second kappa shape index (κ2) is 6.74. The lowest BCUT2D eigenvalue weighted by molar-refractivity contribution is 0.376. The van der Waals surface area contributed by atoms with Crippen molar-refractivity contribution >= 4 is 29.8 Å². The maximum Gasteiger partial charge on any atom is 0.391 e. The van der Waals surface area contributed by atoms with Crippen LogP contribution in [0.4, 0.5) is 14.5 Å². The Morgan fingerprint density at radius 3 is 2.56 bits per heavy atom. The zero-order valence-electron chi connectivity index (χ0n) is 15.0. The SMILES string of the molecule is CCc1c(F)c(F)c(N)c2nc(-c3ccoc3P(=O)(O)O)n(CC(C)C)c12. The molecule has 10 heteroatoms. The van der Waals surface area contributed by atoms with E-state index >= 15 is 0 Å². The lowest BCUT2D eigenvalue weighted by Gasteiger charge is -2.15. The number of hydrogen-bond donors (Lipinski definition) is 3. The molecule has 3 rings (SSSR count). The van der Waals surface area contributed by atoms with Crippen molar-refractivity contribution in [2.24, 2.45) is 5.92 Å². The molecule has 0 saturated carbocycles. The molecule has 0 atom stereocenters. The normalized spacial score (nSPS) is 12.4. The highest BCUT2D eigenvalue weighted by Crippen LogP contribution is 2.40. The van der Waals surface area contributed by atoms with E-state index in [1.807, 2.05) is 13.8 Å². The number of nitrogens with two attached hydrogens (primary N) is 1. The zero-order valence-corrected chi connectivity index (χ0v) is 15.9. The molecule has 0 saturated heterocycles. The van der Waals surface area contributed by atoms with E-state index in [0.29, 0.717) is 12.1 Å². The van der Waals surface area contributed by atoms with E-state index in [-0.39, 0.29) is 34.8 Å². The molecule has 2 heterocycles. The van der Waals surface area contributed by atoms with Crippen LogP contribution in [0.3, 0.4) is 0 Å². The van der Waals surface area contributed by atoms with Gasteiger partial charge in [-0.1, -0.05) is 20.8 Å². The second-order valence-electron chi connectivity index (χ2n) is 6.69. The maximum atomic E-state index is 14.5. The van der Waals surface area contributed by atoms with Crippen molar-refractivity contribution in [3.8, 4) is 11.4 Å². The van der Waals surface area contributed by atoms with Gasteiger partial charge >= 0.3 is 7.60 Å². The first-order valence-corrected chi connectivity index (χ1v) is 9.98. The van der Waals surface area contributed by atoms with E-state index in [0.717, 1.165) is 6.26 Å². The van der Waals surface area contributed by atoms with Gasteiger partial charge in [-0.05, 0) is 18.4 Å². The molecule has 7 nitrogen and oxygen atoms in total. The highest BCUT2D eigenvalue weighted by Gasteiger charge is 2.31. The Bertz CT molecular complexity index is 1070. The zero-order chi connectivity index (χ0) is 20.1. The number of aryl methyl sites for hydroxylation is 1. The van der Waals surface area contributed by atoms with Crippen molar-refractivity contribution in [1.29, 1.82) is 0 Å². The molecule has 27 heavy (non-hydrogen) atoms. The second-order valence-corrected chi connectivity index (χ2v) is 8.19. The number of hydrogen-bond acceptors (Lipinski definition) is 4. The summed E-state index contributed by atoms with van der Waals surface area (Å²) in [7, 11) is -4.72. The average molecular weight is 399 g/mol. The van der Waals surface area contributed by atoms with Gasteiger partial charge in [0, 0.05) is 12.1 Å². The third-order valence-electron chi connectivity index (χ3n) is 4.25. The van der Waals surface area contributed by atoms with E-state index in [4.69, 9.17) is 10.2 Å². The summed E-state index contributed by atoms with van der Waals surface area (Å²) in [5.74, 6) is -1.99. The highest BCUT2D eigenvalue weighted by molar-refractivity contribution is 7.60. The summed E-state index contributed by atoms with van der Waals surface area (Å²) in [5.41, 5.74) is 5.31. The molecule has 0 aliphatic heterocycles. The summed E-state index contributed by atoms with van der Waals surface area (Å²) in [6, 6.07) is 1.36. The third kappa shape index (κ3) is 3.16. The van der Waals surface area contributed by atoms with E-state index in [2.05, 4.69) is 4.98 Å². The van der Waals surface area contributed by atoms with Crippen LogP contribution in [0.1, 0.15) is 26.3 Å².